The average Bonchev–Trinajstić information content (AvgIpc) is 2.78. The van der Waals surface area contributed by atoms with Gasteiger partial charge in [0.15, 0.2) is 0 Å². The van der Waals surface area contributed by atoms with Gasteiger partial charge in [-0.1, -0.05) is 12.1 Å². The number of nitrogens with one attached hydrogen (secondary N) is 1. The molecule has 0 atom stereocenters. The van der Waals surface area contributed by atoms with E-state index in [0.29, 0.717) is 5.69 Å². The standard InChI is InChI=1S/C14H13N3O/c1-9-6-14(16-7-11(9)15)17-12-8-18-13-5-3-2-4-10(12)13/h2-8H,15H2,1H3,(H,16,17). The molecule has 3 N–H and O–H groups in total. The summed E-state index contributed by atoms with van der Waals surface area (Å²) in [6, 6.07) is 9.77. The van der Waals surface area contributed by atoms with Gasteiger partial charge in [-0.25, -0.2) is 4.98 Å². The monoisotopic (exact) mass is 239 g/mol. The van der Waals surface area contributed by atoms with Crippen molar-refractivity contribution >= 4 is 28.2 Å². The Balaban J connectivity index is 1.98. The van der Waals surface area contributed by atoms with Crippen molar-refractivity contribution < 1.29 is 4.42 Å². The van der Waals surface area contributed by atoms with Crippen LogP contribution in [0, 0.1) is 6.92 Å². The van der Waals surface area contributed by atoms with E-state index in [2.05, 4.69) is 10.3 Å². The molecule has 0 aliphatic heterocycles. The fraction of sp³-hybridized carbons (Fsp3) is 0.0714. The van der Waals surface area contributed by atoms with Crippen LogP contribution in [-0.4, -0.2) is 4.98 Å². The molecule has 0 radical (unpaired) electrons. The Morgan fingerprint density at radius 2 is 2.11 bits per heavy atom. The van der Waals surface area contributed by atoms with E-state index in [-0.39, 0.29) is 0 Å². The fourth-order valence-electron chi connectivity index (χ4n) is 1.85. The molecule has 4 heteroatoms. The third kappa shape index (κ3) is 1.78. The topological polar surface area (TPSA) is 64.1 Å². The number of furan rings is 1. The molecule has 0 saturated heterocycles. The third-order valence-electron chi connectivity index (χ3n) is 2.90. The molecule has 0 bridgehead atoms. The SMILES string of the molecule is Cc1cc(Nc2coc3ccccc23)ncc1N. The van der Waals surface area contributed by atoms with Crippen molar-refractivity contribution in [1.82, 2.24) is 4.98 Å². The maximum atomic E-state index is 5.74. The predicted octanol–water partition coefficient (Wildman–Crippen LogP) is 3.46. The summed E-state index contributed by atoms with van der Waals surface area (Å²) in [4.78, 5) is 4.24. The van der Waals surface area contributed by atoms with Gasteiger partial charge >= 0.3 is 0 Å². The van der Waals surface area contributed by atoms with Gasteiger partial charge in [-0.2, -0.15) is 0 Å². The van der Waals surface area contributed by atoms with E-state index < -0.39 is 0 Å². The van der Waals surface area contributed by atoms with E-state index >= 15 is 0 Å². The van der Waals surface area contributed by atoms with E-state index in [1.54, 1.807) is 12.5 Å². The predicted molar refractivity (Wildman–Crippen MR) is 72.9 cm³/mol. The minimum absolute atomic E-state index is 0.692. The van der Waals surface area contributed by atoms with Gasteiger partial charge < -0.3 is 15.5 Å². The van der Waals surface area contributed by atoms with E-state index in [0.717, 1.165) is 28.0 Å². The number of benzene rings is 1. The van der Waals surface area contributed by atoms with Crippen LogP contribution in [0.2, 0.25) is 0 Å². The lowest BCUT2D eigenvalue weighted by Crippen LogP contribution is -1.96. The lowest BCUT2D eigenvalue weighted by atomic mass is 10.2. The first kappa shape index (κ1) is 10.7. The zero-order chi connectivity index (χ0) is 12.5. The second-order valence-electron chi connectivity index (χ2n) is 4.20. The van der Waals surface area contributed by atoms with Gasteiger partial charge in [-0.15, -0.1) is 0 Å². The van der Waals surface area contributed by atoms with E-state index in [9.17, 15) is 0 Å². The summed E-state index contributed by atoms with van der Waals surface area (Å²) in [5.41, 5.74) is 9.20. The number of anilines is 3. The van der Waals surface area contributed by atoms with Crippen molar-refractivity contribution in [2.45, 2.75) is 6.92 Å². The Bertz CT molecular complexity index is 703. The number of nitrogen functional groups attached to an aromatic ring is 1. The maximum absolute atomic E-state index is 5.74. The smallest absolute Gasteiger partial charge is 0.136 e. The Morgan fingerprint density at radius 1 is 1.28 bits per heavy atom. The van der Waals surface area contributed by atoms with Crippen LogP contribution in [0.15, 0.2) is 47.2 Å². The van der Waals surface area contributed by atoms with Crippen LogP contribution in [0.5, 0.6) is 0 Å². The number of nitrogens with two attached hydrogens (primary N) is 1. The Labute approximate surface area is 104 Å². The van der Waals surface area contributed by atoms with Crippen LogP contribution in [0.1, 0.15) is 5.56 Å². The van der Waals surface area contributed by atoms with Crippen LogP contribution in [0.25, 0.3) is 11.0 Å². The van der Waals surface area contributed by atoms with E-state index in [1.807, 2.05) is 37.3 Å². The molecule has 0 unspecified atom stereocenters. The quantitative estimate of drug-likeness (QED) is 0.718. The van der Waals surface area contributed by atoms with Gasteiger partial charge in [0.25, 0.3) is 0 Å². The van der Waals surface area contributed by atoms with Crippen molar-refractivity contribution in [3.63, 3.8) is 0 Å². The van der Waals surface area contributed by atoms with Gasteiger partial charge in [-0.3, -0.25) is 0 Å². The Kier molecular flexibility index (Phi) is 2.41. The molecule has 3 rings (SSSR count). The number of nitrogens with zero attached hydrogens (tertiary/aromatic N) is 1. The summed E-state index contributed by atoms with van der Waals surface area (Å²) in [6.07, 6.45) is 3.35. The second-order valence-corrected chi connectivity index (χ2v) is 4.20. The second kappa shape index (κ2) is 4.07. The van der Waals surface area contributed by atoms with Crippen molar-refractivity contribution in [2.24, 2.45) is 0 Å². The van der Waals surface area contributed by atoms with Gasteiger partial charge in [0, 0.05) is 5.39 Å². The highest BCUT2D eigenvalue weighted by Gasteiger charge is 2.06. The molecule has 4 nitrogen and oxygen atoms in total. The first-order valence-electron chi connectivity index (χ1n) is 5.69. The van der Waals surface area contributed by atoms with Gasteiger partial charge in [0.2, 0.25) is 0 Å². The number of aryl methyl sites for hydroxylation is 1. The minimum atomic E-state index is 0.692. The molecule has 18 heavy (non-hydrogen) atoms. The third-order valence-corrected chi connectivity index (χ3v) is 2.90. The van der Waals surface area contributed by atoms with Crippen LogP contribution in [-0.2, 0) is 0 Å². The van der Waals surface area contributed by atoms with Crippen LogP contribution >= 0.6 is 0 Å². The summed E-state index contributed by atoms with van der Waals surface area (Å²) < 4.78 is 5.46. The zero-order valence-corrected chi connectivity index (χ0v) is 9.97. The summed E-state index contributed by atoms with van der Waals surface area (Å²) in [5.74, 6) is 0.758. The molecule has 1 aromatic carbocycles. The molecule has 0 fully saturated rings. The molecule has 0 aliphatic carbocycles. The fourth-order valence-corrected chi connectivity index (χ4v) is 1.85. The van der Waals surface area contributed by atoms with Gasteiger partial charge in [0.05, 0.1) is 17.6 Å². The van der Waals surface area contributed by atoms with Gasteiger partial charge in [0.1, 0.15) is 17.7 Å². The lowest BCUT2D eigenvalue weighted by molar-refractivity contribution is 0.617. The Hall–Kier alpha value is -2.49. The summed E-state index contributed by atoms with van der Waals surface area (Å²) in [7, 11) is 0. The largest absolute Gasteiger partial charge is 0.462 e. The van der Waals surface area contributed by atoms with Gasteiger partial charge in [-0.05, 0) is 30.7 Å². The van der Waals surface area contributed by atoms with Crippen molar-refractivity contribution in [2.75, 3.05) is 11.1 Å². The van der Waals surface area contributed by atoms with E-state index in [4.69, 9.17) is 10.2 Å². The molecule has 0 saturated carbocycles. The molecule has 0 spiro atoms. The highest BCUT2D eigenvalue weighted by Crippen LogP contribution is 2.28. The molecule has 2 heterocycles. The highest BCUT2D eigenvalue weighted by atomic mass is 16.3. The molecular formula is C14H13N3O. The molecule has 2 aromatic heterocycles. The summed E-state index contributed by atoms with van der Waals surface area (Å²) in [5, 5.41) is 4.27. The Morgan fingerprint density at radius 3 is 2.94 bits per heavy atom. The zero-order valence-electron chi connectivity index (χ0n) is 9.97. The summed E-state index contributed by atoms with van der Waals surface area (Å²) in [6.45, 7) is 1.95. The van der Waals surface area contributed by atoms with Crippen LogP contribution < -0.4 is 11.1 Å². The van der Waals surface area contributed by atoms with Crippen LogP contribution in [0.3, 0.4) is 0 Å². The lowest BCUT2D eigenvalue weighted by Gasteiger charge is -2.05. The maximum Gasteiger partial charge on any atom is 0.136 e. The number of fused-ring (bicyclic) bond motifs is 1. The number of pyridine rings is 1. The molecule has 90 valence electrons. The molecular weight excluding hydrogens is 226 g/mol. The molecule has 3 aromatic rings. The number of hydrogen-bond acceptors (Lipinski definition) is 4. The molecule has 0 aliphatic rings. The number of para-hydroxylation sites is 1. The summed E-state index contributed by atoms with van der Waals surface area (Å²) >= 11 is 0. The first-order valence-corrected chi connectivity index (χ1v) is 5.69. The number of hydrogen-bond donors (Lipinski definition) is 2. The average molecular weight is 239 g/mol. The highest BCUT2D eigenvalue weighted by molar-refractivity contribution is 5.92. The molecule has 0 amide bonds. The minimum Gasteiger partial charge on any atom is -0.462 e. The number of aromatic nitrogens is 1. The first-order chi connectivity index (χ1) is 8.74. The van der Waals surface area contributed by atoms with Crippen LogP contribution in [0.4, 0.5) is 17.2 Å². The van der Waals surface area contributed by atoms with E-state index in [1.165, 1.54) is 0 Å². The number of rotatable bonds is 2. The van der Waals surface area contributed by atoms with Crippen molar-refractivity contribution in [3.05, 3.63) is 48.4 Å². The van der Waals surface area contributed by atoms with Crippen molar-refractivity contribution in [1.29, 1.82) is 0 Å². The van der Waals surface area contributed by atoms with Crippen molar-refractivity contribution in [3.8, 4) is 0 Å². The normalized spacial score (nSPS) is 10.7.